The molecule has 4 rings (SSSR count). The van der Waals surface area contributed by atoms with Crippen LogP contribution >= 0.6 is 0 Å². The Kier molecular flexibility index (Phi) is 3.22. The van der Waals surface area contributed by atoms with E-state index in [-0.39, 0.29) is 5.60 Å². The highest BCUT2D eigenvalue weighted by atomic mass is 16.5. The summed E-state index contributed by atoms with van der Waals surface area (Å²) < 4.78 is 6.85. The Bertz CT molecular complexity index is 364. The smallest absolute Gasteiger partial charge is 0.0751 e. The fourth-order valence-electron chi connectivity index (χ4n) is 5.50. The third-order valence-corrected chi connectivity index (χ3v) is 6.33. The summed E-state index contributed by atoms with van der Waals surface area (Å²) in [5.41, 5.74) is 2.12. The molecule has 0 unspecified atom stereocenters. The second-order valence-corrected chi connectivity index (χ2v) is 7.36. The van der Waals surface area contributed by atoms with Gasteiger partial charge in [-0.1, -0.05) is 43.8 Å². The first-order valence-electron chi connectivity index (χ1n) is 8.77. The SMILES string of the molecule is C1=C2[C@@H](CCC1)C1(CCCCC1)O[C@H]1CCCC[C@@H]21. The van der Waals surface area contributed by atoms with E-state index < -0.39 is 0 Å². The molecule has 1 saturated heterocycles. The Hall–Kier alpha value is -0.300. The number of allylic oxidation sites excluding steroid dienone is 1. The zero-order valence-corrected chi connectivity index (χ0v) is 12.2. The first-order valence-corrected chi connectivity index (χ1v) is 8.77. The molecule has 1 spiro atoms. The van der Waals surface area contributed by atoms with Gasteiger partial charge in [0.15, 0.2) is 0 Å². The lowest BCUT2D eigenvalue weighted by Gasteiger charge is -2.55. The largest absolute Gasteiger partial charge is 0.371 e. The van der Waals surface area contributed by atoms with Crippen molar-refractivity contribution in [2.24, 2.45) is 11.8 Å². The van der Waals surface area contributed by atoms with Crippen molar-refractivity contribution in [3.05, 3.63) is 11.6 Å². The van der Waals surface area contributed by atoms with Crippen LogP contribution in [0.25, 0.3) is 0 Å². The van der Waals surface area contributed by atoms with E-state index in [4.69, 9.17) is 4.74 Å². The van der Waals surface area contributed by atoms with Crippen molar-refractivity contribution in [1.82, 2.24) is 0 Å². The van der Waals surface area contributed by atoms with Gasteiger partial charge in [0.1, 0.15) is 0 Å². The van der Waals surface area contributed by atoms with E-state index in [9.17, 15) is 0 Å². The lowest BCUT2D eigenvalue weighted by molar-refractivity contribution is -0.188. The van der Waals surface area contributed by atoms with Crippen LogP contribution in [0.2, 0.25) is 0 Å². The Morgan fingerprint density at radius 1 is 0.895 bits per heavy atom. The van der Waals surface area contributed by atoms with Crippen LogP contribution in [0.4, 0.5) is 0 Å². The number of ether oxygens (including phenoxy) is 1. The molecule has 0 aromatic heterocycles. The van der Waals surface area contributed by atoms with E-state index in [1.165, 1.54) is 77.0 Å². The van der Waals surface area contributed by atoms with Crippen LogP contribution in [0.3, 0.4) is 0 Å². The van der Waals surface area contributed by atoms with Gasteiger partial charge >= 0.3 is 0 Å². The van der Waals surface area contributed by atoms with Crippen molar-refractivity contribution >= 4 is 0 Å². The number of hydrogen-bond acceptors (Lipinski definition) is 1. The summed E-state index contributed by atoms with van der Waals surface area (Å²) in [4.78, 5) is 0. The molecule has 1 aliphatic heterocycles. The molecule has 1 heteroatoms. The van der Waals surface area contributed by atoms with Crippen LogP contribution in [-0.4, -0.2) is 11.7 Å². The molecule has 106 valence electrons. The highest BCUT2D eigenvalue weighted by molar-refractivity contribution is 5.24. The molecule has 0 N–H and O–H groups in total. The minimum absolute atomic E-state index is 0.267. The van der Waals surface area contributed by atoms with Crippen molar-refractivity contribution in [2.75, 3.05) is 0 Å². The summed E-state index contributed by atoms with van der Waals surface area (Å²) in [7, 11) is 0. The summed E-state index contributed by atoms with van der Waals surface area (Å²) >= 11 is 0. The standard InChI is InChI=1S/C18H28O/c1-6-12-18(13-7-1)16-10-4-2-8-14(16)15-9-3-5-11-17(15)19-18/h8,15-17H,1-7,9-13H2/t15-,16+,17-/m0/s1. The number of rotatable bonds is 0. The van der Waals surface area contributed by atoms with E-state index in [2.05, 4.69) is 6.08 Å². The normalized spacial score (nSPS) is 41.3. The minimum Gasteiger partial charge on any atom is -0.371 e. The fraction of sp³-hybridized carbons (Fsp3) is 0.889. The third kappa shape index (κ3) is 2.00. The molecule has 3 fully saturated rings. The molecular formula is C18H28O. The summed E-state index contributed by atoms with van der Waals surface area (Å²) in [6.45, 7) is 0. The van der Waals surface area contributed by atoms with Crippen LogP contribution in [0.15, 0.2) is 11.6 Å². The van der Waals surface area contributed by atoms with Crippen LogP contribution in [0.1, 0.15) is 77.0 Å². The lowest BCUT2D eigenvalue weighted by Crippen LogP contribution is -2.54. The zero-order chi connectivity index (χ0) is 12.7. The van der Waals surface area contributed by atoms with Gasteiger partial charge in [0, 0.05) is 11.8 Å². The van der Waals surface area contributed by atoms with Crippen LogP contribution in [0, 0.1) is 11.8 Å². The Morgan fingerprint density at radius 3 is 2.63 bits per heavy atom. The molecule has 1 heterocycles. The van der Waals surface area contributed by atoms with Crippen molar-refractivity contribution < 1.29 is 4.74 Å². The van der Waals surface area contributed by atoms with Gasteiger partial charge in [0.05, 0.1) is 11.7 Å². The second-order valence-electron chi connectivity index (χ2n) is 7.36. The maximum atomic E-state index is 6.85. The third-order valence-electron chi connectivity index (χ3n) is 6.33. The summed E-state index contributed by atoms with van der Waals surface area (Å²) in [5, 5.41) is 0. The summed E-state index contributed by atoms with van der Waals surface area (Å²) in [6.07, 6.45) is 19.9. The highest BCUT2D eigenvalue weighted by Crippen LogP contribution is 2.54. The quantitative estimate of drug-likeness (QED) is 0.557. The minimum atomic E-state index is 0.267. The summed E-state index contributed by atoms with van der Waals surface area (Å²) in [5.74, 6) is 1.59. The first-order chi connectivity index (χ1) is 9.39. The maximum Gasteiger partial charge on any atom is 0.0751 e. The topological polar surface area (TPSA) is 9.23 Å². The van der Waals surface area contributed by atoms with E-state index in [0.717, 1.165) is 11.8 Å². The van der Waals surface area contributed by atoms with Gasteiger partial charge in [-0.25, -0.2) is 0 Å². The molecule has 2 saturated carbocycles. The van der Waals surface area contributed by atoms with Gasteiger partial charge in [-0.3, -0.25) is 0 Å². The van der Waals surface area contributed by atoms with Crippen molar-refractivity contribution in [1.29, 1.82) is 0 Å². The van der Waals surface area contributed by atoms with Crippen LogP contribution < -0.4 is 0 Å². The molecule has 4 aliphatic rings. The fourth-order valence-corrected chi connectivity index (χ4v) is 5.50. The molecular weight excluding hydrogens is 232 g/mol. The predicted octanol–water partition coefficient (Wildman–Crippen LogP) is 5.00. The molecule has 1 nitrogen and oxygen atoms in total. The molecule has 0 aromatic rings. The maximum absolute atomic E-state index is 6.85. The van der Waals surface area contributed by atoms with Crippen molar-refractivity contribution in [2.45, 2.75) is 88.8 Å². The van der Waals surface area contributed by atoms with E-state index in [1.54, 1.807) is 0 Å². The van der Waals surface area contributed by atoms with Gasteiger partial charge in [0.2, 0.25) is 0 Å². The van der Waals surface area contributed by atoms with E-state index >= 15 is 0 Å². The van der Waals surface area contributed by atoms with Gasteiger partial charge in [0.25, 0.3) is 0 Å². The van der Waals surface area contributed by atoms with Crippen LogP contribution in [-0.2, 0) is 4.74 Å². The predicted molar refractivity (Wildman–Crippen MR) is 78.1 cm³/mol. The molecule has 0 bridgehead atoms. The average Bonchev–Trinajstić information content (AvgIpc) is 2.49. The van der Waals surface area contributed by atoms with Gasteiger partial charge in [-0.15, -0.1) is 0 Å². The van der Waals surface area contributed by atoms with Crippen LogP contribution in [0.5, 0.6) is 0 Å². The molecule has 0 aromatic carbocycles. The van der Waals surface area contributed by atoms with Gasteiger partial charge < -0.3 is 4.74 Å². The Balaban J connectivity index is 1.69. The van der Waals surface area contributed by atoms with Crippen molar-refractivity contribution in [3.63, 3.8) is 0 Å². The van der Waals surface area contributed by atoms with Gasteiger partial charge in [-0.05, 0) is 44.9 Å². The molecule has 19 heavy (non-hydrogen) atoms. The molecule has 3 atom stereocenters. The Morgan fingerprint density at radius 2 is 1.74 bits per heavy atom. The van der Waals surface area contributed by atoms with E-state index in [1.807, 2.05) is 5.57 Å². The monoisotopic (exact) mass is 260 g/mol. The lowest BCUT2D eigenvalue weighted by atomic mass is 9.61. The first kappa shape index (κ1) is 12.4. The van der Waals surface area contributed by atoms with E-state index in [0.29, 0.717) is 6.10 Å². The molecule has 0 amide bonds. The highest BCUT2D eigenvalue weighted by Gasteiger charge is 2.51. The average molecular weight is 260 g/mol. The van der Waals surface area contributed by atoms with Gasteiger partial charge in [-0.2, -0.15) is 0 Å². The molecule has 0 radical (unpaired) electrons. The number of hydrogen-bond donors (Lipinski definition) is 0. The summed E-state index contributed by atoms with van der Waals surface area (Å²) in [6, 6.07) is 0. The molecule has 3 aliphatic carbocycles. The van der Waals surface area contributed by atoms with Crippen molar-refractivity contribution in [3.8, 4) is 0 Å². The Labute approximate surface area is 117 Å². The second kappa shape index (κ2) is 4.91. The number of fused-ring (bicyclic) bond motifs is 4. The zero-order valence-electron chi connectivity index (χ0n) is 12.2.